The highest BCUT2D eigenvalue weighted by Crippen LogP contribution is 2.15. The molecule has 1 fully saturated rings. The third-order valence-corrected chi connectivity index (χ3v) is 4.78. The Hall–Kier alpha value is -2.11. The lowest BCUT2D eigenvalue weighted by Crippen LogP contribution is -2.48. The second-order valence-corrected chi connectivity index (χ2v) is 6.68. The summed E-state index contributed by atoms with van der Waals surface area (Å²) in [6, 6.07) is 14.1. The lowest BCUT2D eigenvalue weighted by molar-refractivity contribution is 0.0226. The molecule has 1 aromatic heterocycles. The number of amides is 1. The SMILES string of the molecule is C[C@H](CN1CCOCC1)N(Cc1ccccc1)C(=O)c1cccn1C. The van der Waals surface area contributed by atoms with Crippen molar-refractivity contribution in [3.63, 3.8) is 0 Å². The summed E-state index contributed by atoms with van der Waals surface area (Å²) in [4.78, 5) is 17.5. The second kappa shape index (κ2) is 8.32. The fourth-order valence-corrected chi connectivity index (χ4v) is 3.29. The van der Waals surface area contributed by atoms with E-state index in [4.69, 9.17) is 4.74 Å². The Labute approximate surface area is 149 Å². The van der Waals surface area contributed by atoms with Gasteiger partial charge in [-0.1, -0.05) is 30.3 Å². The third-order valence-electron chi connectivity index (χ3n) is 4.78. The number of hydrogen-bond acceptors (Lipinski definition) is 3. The number of nitrogens with zero attached hydrogens (tertiary/aromatic N) is 3. The molecule has 0 N–H and O–H groups in total. The van der Waals surface area contributed by atoms with Gasteiger partial charge in [0.05, 0.1) is 13.2 Å². The van der Waals surface area contributed by atoms with Crippen molar-refractivity contribution in [1.29, 1.82) is 0 Å². The summed E-state index contributed by atoms with van der Waals surface area (Å²) >= 11 is 0. The van der Waals surface area contributed by atoms with Crippen LogP contribution in [0.15, 0.2) is 48.7 Å². The second-order valence-electron chi connectivity index (χ2n) is 6.68. The first-order valence-corrected chi connectivity index (χ1v) is 8.91. The van der Waals surface area contributed by atoms with Gasteiger partial charge in [-0.2, -0.15) is 0 Å². The molecule has 5 nitrogen and oxygen atoms in total. The van der Waals surface area contributed by atoms with Gasteiger partial charge in [0.15, 0.2) is 0 Å². The largest absolute Gasteiger partial charge is 0.379 e. The van der Waals surface area contributed by atoms with E-state index in [1.165, 1.54) is 0 Å². The van der Waals surface area contributed by atoms with E-state index in [1.807, 2.05) is 53.0 Å². The maximum Gasteiger partial charge on any atom is 0.271 e. The lowest BCUT2D eigenvalue weighted by Gasteiger charge is -2.35. The summed E-state index contributed by atoms with van der Waals surface area (Å²) in [7, 11) is 1.92. The molecule has 25 heavy (non-hydrogen) atoms. The van der Waals surface area contributed by atoms with E-state index < -0.39 is 0 Å². The first-order valence-electron chi connectivity index (χ1n) is 8.91. The lowest BCUT2D eigenvalue weighted by atomic mass is 10.1. The van der Waals surface area contributed by atoms with Gasteiger partial charge in [-0.3, -0.25) is 9.69 Å². The van der Waals surface area contributed by atoms with Crippen molar-refractivity contribution in [1.82, 2.24) is 14.4 Å². The van der Waals surface area contributed by atoms with E-state index in [0.29, 0.717) is 6.54 Å². The number of aryl methyl sites for hydroxylation is 1. The van der Waals surface area contributed by atoms with Crippen LogP contribution in [0.2, 0.25) is 0 Å². The number of hydrogen-bond donors (Lipinski definition) is 0. The van der Waals surface area contributed by atoms with Crippen LogP contribution in [0.5, 0.6) is 0 Å². The van der Waals surface area contributed by atoms with Crippen LogP contribution in [0.1, 0.15) is 23.0 Å². The first kappa shape index (κ1) is 17.7. The van der Waals surface area contributed by atoms with E-state index in [1.54, 1.807) is 0 Å². The van der Waals surface area contributed by atoms with Gasteiger partial charge in [-0.15, -0.1) is 0 Å². The summed E-state index contributed by atoms with van der Waals surface area (Å²) in [5, 5.41) is 0. The number of ether oxygens (including phenoxy) is 1. The van der Waals surface area contributed by atoms with E-state index in [0.717, 1.165) is 44.1 Å². The Morgan fingerprint density at radius 1 is 1.16 bits per heavy atom. The molecule has 0 aliphatic carbocycles. The van der Waals surface area contributed by atoms with Gasteiger partial charge in [0.25, 0.3) is 5.91 Å². The molecule has 2 aromatic rings. The number of morpholine rings is 1. The molecular weight excluding hydrogens is 314 g/mol. The van der Waals surface area contributed by atoms with Crippen molar-refractivity contribution < 1.29 is 9.53 Å². The van der Waals surface area contributed by atoms with Crippen LogP contribution in [0.3, 0.4) is 0 Å². The average molecular weight is 341 g/mol. The molecular formula is C20H27N3O2. The van der Waals surface area contributed by atoms with E-state index >= 15 is 0 Å². The van der Waals surface area contributed by atoms with Crippen LogP contribution in [0, 0.1) is 0 Å². The number of benzene rings is 1. The average Bonchev–Trinajstić information content (AvgIpc) is 3.07. The first-order chi connectivity index (χ1) is 12.1. The predicted octanol–water partition coefficient (Wildman–Crippen LogP) is 2.39. The van der Waals surface area contributed by atoms with Crippen molar-refractivity contribution in [3.8, 4) is 0 Å². The summed E-state index contributed by atoms with van der Waals surface area (Å²) in [6.07, 6.45) is 1.92. The van der Waals surface area contributed by atoms with Gasteiger partial charge in [0.1, 0.15) is 5.69 Å². The summed E-state index contributed by atoms with van der Waals surface area (Å²) < 4.78 is 7.32. The number of carbonyl (C=O) groups is 1. The summed E-state index contributed by atoms with van der Waals surface area (Å²) in [6.45, 7) is 7.04. The molecule has 1 atom stereocenters. The maximum absolute atomic E-state index is 13.2. The van der Waals surface area contributed by atoms with Crippen LogP contribution in [-0.4, -0.2) is 59.2 Å². The zero-order valence-electron chi connectivity index (χ0n) is 15.1. The smallest absolute Gasteiger partial charge is 0.271 e. The summed E-state index contributed by atoms with van der Waals surface area (Å²) in [5.41, 5.74) is 1.88. The zero-order chi connectivity index (χ0) is 17.6. The van der Waals surface area contributed by atoms with Crippen molar-refractivity contribution in [2.75, 3.05) is 32.8 Å². The molecule has 1 saturated heterocycles. The van der Waals surface area contributed by atoms with Gasteiger partial charge in [-0.25, -0.2) is 0 Å². The predicted molar refractivity (Wildman–Crippen MR) is 98.4 cm³/mol. The Kier molecular flexibility index (Phi) is 5.89. The maximum atomic E-state index is 13.2. The van der Waals surface area contributed by atoms with E-state index in [2.05, 4.69) is 24.0 Å². The topological polar surface area (TPSA) is 37.7 Å². The molecule has 5 heteroatoms. The van der Waals surface area contributed by atoms with Crippen LogP contribution in [0.4, 0.5) is 0 Å². The minimum Gasteiger partial charge on any atom is -0.379 e. The van der Waals surface area contributed by atoms with E-state index in [9.17, 15) is 4.79 Å². The molecule has 3 rings (SSSR count). The molecule has 1 aliphatic heterocycles. The number of carbonyl (C=O) groups excluding carboxylic acids is 1. The Morgan fingerprint density at radius 3 is 2.52 bits per heavy atom. The van der Waals surface area contributed by atoms with Gasteiger partial charge in [-0.05, 0) is 24.6 Å². The molecule has 2 heterocycles. The molecule has 0 saturated carbocycles. The normalized spacial score (nSPS) is 16.6. The highest BCUT2D eigenvalue weighted by molar-refractivity contribution is 5.93. The van der Waals surface area contributed by atoms with Gasteiger partial charge >= 0.3 is 0 Å². The molecule has 1 amide bonds. The fraction of sp³-hybridized carbons (Fsp3) is 0.450. The summed E-state index contributed by atoms with van der Waals surface area (Å²) in [5.74, 6) is 0.0807. The van der Waals surface area contributed by atoms with Gasteiger partial charge in [0, 0.05) is 45.5 Å². The Bertz CT molecular complexity index is 677. The van der Waals surface area contributed by atoms with Crippen molar-refractivity contribution >= 4 is 5.91 Å². The quantitative estimate of drug-likeness (QED) is 0.810. The molecule has 0 bridgehead atoms. The minimum absolute atomic E-state index is 0.0807. The van der Waals surface area contributed by atoms with Crippen molar-refractivity contribution in [3.05, 3.63) is 59.9 Å². The van der Waals surface area contributed by atoms with Crippen LogP contribution in [-0.2, 0) is 18.3 Å². The highest BCUT2D eigenvalue weighted by Gasteiger charge is 2.25. The molecule has 134 valence electrons. The van der Waals surface area contributed by atoms with E-state index in [-0.39, 0.29) is 11.9 Å². The molecule has 1 aliphatic rings. The van der Waals surface area contributed by atoms with Crippen molar-refractivity contribution in [2.24, 2.45) is 7.05 Å². The van der Waals surface area contributed by atoms with Crippen LogP contribution in [0.25, 0.3) is 0 Å². The minimum atomic E-state index is 0.0807. The molecule has 0 unspecified atom stereocenters. The standard InChI is InChI=1S/C20H27N3O2/c1-17(15-22-11-13-25-14-12-22)23(16-18-7-4-3-5-8-18)20(24)19-9-6-10-21(19)2/h3-10,17H,11-16H2,1-2H3/t17-/m1/s1. The highest BCUT2D eigenvalue weighted by atomic mass is 16.5. The monoisotopic (exact) mass is 341 g/mol. The zero-order valence-corrected chi connectivity index (χ0v) is 15.1. The molecule has 0 spiro atoms. The number of aromatic nitrogens is 1. The van der Waals surface area contributed by atoms with Crippen molar-refractivity contribution in [2.45, 2.75) is 19.5 Å². The molecule has 0 radical (unpaired) electrons. The van der Waals surface area contributed by atoms with Crippen LogP contribution < -0.4 is 0 Å². The Morgan fingerprint density at radius 2 is 1.88 bits per heavy atom. The third kappa shape index (κ3) is 4.50. The Balaban J connectivity index is 1.77. The van der Waals surface area contributed by atoms with Gasteiger partial charge in [0.2, 0.25) is 0 Å². The number of rotatable bonds is 6. The molecule has 1 aromatic carbocycles. The fourth-order valence-electron chi connectivity index (χ4n) is 3.29. The van der Waals surface area contributed by atoms with Crippen LogP contribution >= 0.6 is 0 Å². The van der Waals surface area contributed by atoms with Gasteiger partial charge < -0.3 is 14.2 Å².